The fourth-order valence-electron chi connectivity index (χ4n) is 5.23. The molecule has 0 aromatic heterocycles. The highest BCUT2D eigenvalue weighted by Crippen LogP contribution is 2.42. The number of rotatable bonds is 7. The molecule has 2 atom stereocenters. The third-order valence-electron chi connectivity index (χ3n) is 7.41. The summed E-state index contributed by atoms with van der Waals surface area (Å²) in [4.78, 5) is 28.8. The molecular formula is C32H33FN2O2S. The van der Waals surface area contributed by atoms with Gasteiger partial charge in [-0.2, -0.15) is 0 Å². The number of carbonyl (C=O) groups excluding carboxylic acids is 2. The molecule has 2 amide bonds. The Kier molecular flexibility index (Phi) is 8.28. The third kappa shape index (κ3) is 6.18. The maximum absolute atomic E-state index is 14.4. The number of hydrogen-bond donors (Lipinski definition) is 1. The molecule has 1 N–H and O–H groups in total. The average molecular weight is 529 g/mol. The topological polar surface area (TPSA) is 49.4 Å². The van der Waals surface area contributed by atoms with E-state index in [0.29, 0.717) is 27.8 Å². The number of nitrogens with one attached hydrogen (secondary N) is 1. The summed E-state index contributed by atoms with van der Waals surface area (Å²) in [6.07, 6.45) is 6.94. The van der Waals surface area contributed by atoms with E-state index in [1.165, 1.54) is 17.2 Å². The lowest BCUT2D eigenvalue weighted by Crippen LogP contribution is -2.50. The Labute approximate surface area is 228 Å². The molecular weight excluding hydrogens is 495 g/mol. The summed E-state index contributed by atoms with van der Waals surface area (Å²) in [5.41, 5.74) is 4.42. The number of amides is 2. The van der Waals surface area contributed by atoms with Crippen LogP contribution in [0.25, 0.3) is 6.08 Å². The molecule has 5 rings (SSSR count). The molecule has 2 unspecified atom stereocenters. The van der Waals surface area contributed by atoms with E-state index in [-0.39, 0.29) is 30.2 Å². The van der Waals surface area contributed by atoms with Crippen molar-refractivity contribution in [1.29, 1.82) is 0 Å². The molecule has 1 aliphatic heterocycles. The van der Waals surface area contributed by atoms with Crippen molar-refractivity contribution in [2.24, 2.45) is 0 Å². The van der Waals surface area contributed by atoms with Crippen LogP contribution in [0.2, 0.25) is 0 Å². The monoisotopic (exact) mass is 528 g/mol. The number of halogens is 1. The summed E-state index contributed by atoms with van der Waals surface area (Å²) in [5.74, 6) is -0.427. The van der Waals surface area contributed by atoms with E-state index in [4.69, 9.17) is 0 Å². The lowest BCUT2D eigenvalue weighted by molar-refractivity contribution is -0.130. The van der Waals surface area contributed by atoms with Crippen LogP contribution in [0.4, 0.5) is 4.39 Å². The van der Waals surface area contributed by atoms with E-state index in [0.717, 1.165) is 37.7 Å². The van der Waals surface area contributed by atoms with Crippen molar-refractivity contribution in [3.8, 4) is 0 Å². The van der Waals surface area contributed by atoms with Crippen molar-refractivity contribution < 1.29 is 14.0 Å². The lowest BCUT2D eigenvalue weighted by atomic mass is 9.92. The van der Waals surface area contributed by atoms with Gasteiger partial charge in [0.15, 0.2) is 0 Å². The van der Waals surface area contributed by atoms with Crippen LogP contribution in [0.5, 0.6) is 0 Å². The number of thioether (sulfide) groups is 1. The van der Waals surface area contributed by atoms with Crippen LogP contribution < -0.4 is 5.32 Å². The first-order valence-corrected chi connectivity index (χ1v) is 14.2. The van der Waals surface area contributed by atoms with E-state index in [2.05, 4.69) is 36.5 Å². The normalized spacial score (nSPS) is 20.3. The van der Waals surface area contributed by atoms with Gasteiger partial charge < -0.3 is 10.2 Å². The van der Waals surface area contributed by atoms with Crippen LogP contribution in [-0.2, 0) is 17.8 Å². The second kappa shape index (κ2) is 12.0. The first-order valence-electron chi connectivity index (χ1n) is 13.3. The van der Waals surface area contributed by atoms with Crippen LogP contribution in [-0.4, -0.2) is 34.6 Å². The van der Waals surface area contributed by atoms with E-state index >= 15 is 0 Å². The Morgan fingerprint density at radius 3 is 2.53 bits per heavy atom. The number of carbonyl (C=O) groups is 2. The summed E-state index contributed by atoms with van der Waals surface area (Å²) in [5, 5.41) is 3.30. The van der Waals surface area contributed by atoms with Crippen molar-refractivity contribution in [2.75, 3.05) is 6.54 Å². The molecule has 0 radical (unpaired) electrons. The zero-order chi connectivity index (χ0) is 26.5. The second-order valence-electron chi connectivity index (χ2n) is 10.2. The lowest BCUT2D eigenvalue weighted by Gasteiger charge is -2.44. The molecule has 1 saturated carbocycles. The molecule has 6 heteroatoms. The standard InChI is InChI=1S/C32H33FN2O2S/c1-22-10-12-23(13-11-22)18-19-34-31(36)25-16-14-24(15-17-25)20-30-32(37)35(21-26-6-2-3-7-27(26)33)28-8-4-5-9-29(28)38-30/h2-3,6-7,10-17,20,28-29H,4-5,8-9,18-19,21H2,1H3,(H,34,36)/b30-20-. The van der Waals surface area contributed by atoms with Gasteiger partial charge in [0.25, 0.3) is 11.8 Å². The SMILES string of the molecule is Cc1ccc(CCNC(=O)c2ccc(/C=C3\SC4CCCCC4N(Cc4ccccc4F)C3=O)cc2)cc1. The minimum absolute atomic E-state index is 0.0423. The summed E-state index contributed by atoms with van der Waals surface area (Å²) in [7, 11) is 0. The van der Waals surface area contributed by atoms with Gasteiger partial charge in [0, 0.05) is 35.5 Å². The summed E-state index contributed by atoms with van der Waals surface area (Å²) in [6, 6.07) is 22.5. The van der Waals surface area contributed by atoms with Crippen LogP contribution in [0.15, 0.2) is 77.7 Å². The van der Waals surface area contributed by atoms with Gasteiger partial charge in [-0.3, -0.25) is 9.59 Å². The quantitative estimate of drug-likeness (QED) is 0.355. The predicted octanol–water partition coefficient (Wildman–Crippen LogP) is 6.53. The minimum atomic E-state index is -0.274. The Bertz CT molecular complexity index is 1320. The Balaban J connectivity index is 1.26. The zero-order valence-electron chi connectivity index (χ0n) is 21.7. The largest absolute Gasteiger partial charge is 0.352 e. The van der Waals surface area contributed by atoms with Crippen LogP contribution in [0.1, 0.15) is 58.3 Å². The number of hydrogen-bond acceptors (Lipinski definition) is 3. The average Bonchev–Trinajstić information content (AvgIpc) is 2.93. The summed E-state index contributed by atoms with van der Waals surface area (Å²) in [6.45, 7) is 2.91. The highest BCUT2D eigenvalue weighted by Gasteiger charge is 2.40. The van der Waals surface area contributed by atoms with Gasteiger partial charge in [0.1, 0.15) is 5.82 Å². The van der Waals surface area contributed by atoms with Crippen molar-refractivity contribution >= 4 is 29.7 Å². The fraction of sp³-hybridized carbons (Fsp3) is 0.312. The summed E-state index contributed by atoms with van der Waals surface area (Å²) >= 11 is 1.65. The minimum Gasteiger partial charge on any atom is -0.352 e. The maximum Gasteiger partial charge on any atom is 0.260 e. The molecule has 3 aromatic rings. The number of fused-ring (bicyclic) bond motifs is 1. The van der Waals surface area contributed by atoms with E-state index < -0.39 is 0 Å². The molecule has 196 valence electrons. The van der Waals surface area contributed by atoms with Crippen molar-refractivity contribution in [1.82, 2.24) is 10.2 Å². The molecule has 1 heterocycles. The molecule has 38 heavy (non-hydrogen) atoms. The van der Waals surface area contributed by atoms with Gasteiger partial charge >= 0.3 is 0 Å². The van der Waals surface area contributed by atoms with Crippen LogP contribution in [0, 0.1) is 12.7 Å². The second-order valence-corrected chi connectivity index (χ2v) is 11.4. The van der Waals surface area contributed by atoms with Gasteiger partial charge in [0.05, 0.1) is 4.91 Å². The van der Waals surface area contributed by atoms with Crippen LogP contribution in [0.3, 0.4) is 0 Å². The van der Waals surface area contributed by atoms with Gasteiger partial charge in [0.2, 0.25) is 0 Å². The first-order chi connectivity index (χ1) is 18.5. The Morgan fingerprint density at radius 2 is 1.76 bits per heavy atom. The highest BCUT2D eigenvalue weighted by atomic mass is 32.2. The number of nitrogens with zero attached hydrogens (tertiary/aromatic N) is 1. The zero-order valence-corrected chi connectivity index (χ0v) is 22.5. The van der Waals surface area contributed by atoms with Gasteiger partial charge in [-0.15, -0.1) is 11.8 Å². The molecule has 1 saturated heterocycles. The number of benzene rings is 3. The Hall–Kier alpha value is -3.38. The fourth-order valence-corrected chi connectivity index (χ4v) is 6.70. The predicted molar refractivity (Wildman–Crippen MR) is 152 cm³/mol. The molecule has 2 aliphatic rings. The molecule has 2 fully saturated rings. The highest BCUT2D eigenvalue weighted by molar-refractivity contribution is 8.04. The van der Waals surface area contributed by atoms with E-state index in [1.54, 1.807) is 36.0 Å². The van der Waals surface area contributed by atoms with E-state index in [1.807, 2.05) is 29.2 Å². The Morgan fingerprint density at radius 1 is 1.03 bits per heavy atom. The smallest absolute Gasteiger partial charge is 0.260 e. The van der Waals surface area contributed by atoms with Gasteiger partial charge in [-0.05, 0) is 61.6 Å². The van der Waals surface area contributed by atoms with Gasteiger partial charge in [-0.1, -0.05) is 73.0 Å². The van der Waals surface area contributed by atoms with E-state index in [9.17, 15) is 14.0 Å². The van der Waals surface area contributed by atoms with Gasteiger partial charge in [-0.25, -0.2) is 4.39 Å². The summed E-state index contributed by atoms with van der Waals surface area (Å²) < 4.78 is 14.4. The van der Waals surface area contributed by atoms with Crippen molar-refractivity contribution in [2.45, 2.75) is 56.9 Å². The first kappa shape index (κ1) is 26.2. The van der Waals surface area contributed by atoms with Crippen LogP contribution >= 0.6 is 11.8 Å². The molecule has 3 aromatic carbocycles. The van der Waals surface area contributed by atoms with Crippen molar-refractivity contribution in [3.05, 3.63) is 111 Å². The molecule has 0 bridgehead atoms. The molecule has 0 spiro atoms. The third-order valence-corrected chi connectivity index (χ3v) is 8.81. The maximum atomic E-state index is 14.4. The van der Waals surface area contributed by atoms with Crippen molar-refractivity contribution in [3.63, 3.8) is 0 Å². The molecule has 1 aliphatic carbocycles. The number of aryl methyl sites for hydroxylation is 1. The molecule has 4 nitrogen and oxygen atoms in total.